The summed E-state index contributed by atoms with van der Waals surface area (Å²) < 4.78 is 43.1. The topological polar surface area (TPSA) is 81.8 Å². The van der Waals surface area contributed by atoms with Crippen LogP contribution in [0.3, 0.4) is 0 Å². The molecular formula is C27H23ClF3N5O2. The Morgan fingerprint density at radius 1 is 1.18 bits per heavy atom. The number of rotatable bonds is 6. The Hall–Kier alpha value is -3.92. The normalized spacial score (nSPS) is 16.6. The first kappa shape index (κ1) is 25.7. The van der Waals surface area contributed by atoms with Gasteiger partial charge in [0, 0.05) is 30.7 Å². The van der Waals surface area contributed by atoms with Gasteiger partial charge in [0.15, 0.2) is 0 Å². The van der Waals surface area contributed by atoms with Gasteiger partial charge in [0.2, 0.25) is 0 Å². The second-order valence-electron chi connectivity index (χ2n) is 9.28. The highest BCUT2D eigenvalue weighted by molar-refractivity contribution is 6.31. The zero-order valence-corrected chi connectivity index (χ0v) is 21.4. The Morgan fingerprint density at radius 2 is 1.95 bits per heavy atom. The molecule has 1 fully saturated rings. The van der Waals surface area contributed by atoms with E-state index in [1.165, 1.54) is 42.3 Å². The Bertz CT molecular complexity index is 1630. The molecule has 0 spiro atoms. The molecule has 3 heterocycles. The van der Waals surface area contributed by atoms with Crippen LogP contribution in [-0.2, 0) is 0 Å². The second kappa shape index (κ2) is 9.75. The van der Waals surface area contributed by atoms with Gasteiger partial charge in [-0.25, -0.2) is 9.07 Å². The highest BCUT2D eigenvalue weighted by Crippen LogP contribution is 2.55. The van der Waals surface area contributed by atoms with E-state index in [4.69, 9.17) is 11.6 Å². The molecule has 0 unspecified atom stereocenters. The summed E-state index contributed by atoms with van der Waals surface area (Å²) in [7, 11) is 1.42. The number of aromatic nitrogens is 4. The number of nitrogens with zero attached hydrogens (tertiary/aromatic N) is 4. The number of hydrogen-bond donors (Lipinski definition) is 1. The zero-order valence-electron chi connectivity index (χ0n) is 20.7. The molecule has 5 rings (SSSR count). The summed E-state index contributed by atoms with van der Waals surface area (Å²) in [4.78, 5) is 29.9. The third-order valence-corrected chi connectivity index (χ3v) is 7.24. The summed E-state index contributed by atoms with van der Waals surface area (Å²) in [6.45, 7) is 0.818. The molecule has 1 amide bonds. The van der Waals surface area contributed by atoms with Gasteiger partial charge in [-0.15, -0.1) is 0 Å². The molecule has 1 N–H and O–H groups in total. The van der Waals surface area contributed by atoms with Crippen molar-refractivity contribution < 1.29 is 18.0 Å². The van der Waals surface area contributed by atoms with Crippen LogP contribution in [0.25, 0.3) is 16.9 Å². The average molecular weight is 542 g/mol. The van der Waals surface area contributed by atoms with Crippen LogP contribution in [0, 0.1) is 19.7 Å². The van der Waals surface area contributed by atoms with Gasteiger partial charge in [-0.05, 0) is 73.1 Å². The Morgan fingerprint density at radius 3 is 2.63 bits per heavy atom. The molecule has 0 aliphatic heterocycles. The predicted octanol–water partition coefficient (Wildman–Crippen LogP) is 5.53. The van der Waals surface area contributed by atoms with Crippen molar-refractivity contribution >= 4 is 17.5 Å². The fourth-order valence-corrected chi connectivity index (χ4v) is 5.08. The number of amides is 1. The van der Waals surface area contributed by atoms with Crippen LogP contribution in [-0.4, -0.2) is 32.3 Å². The summed E-state index contributed by atoms with van der Waals surface area (Å²) >= 11 is 6.58. The largest absolute Gasteiger partial charge is 0.355 e. The van der Waals surface area contributed by atoms with Crippen LogP contribution in [0.15, 0.2) is 53.7 Å². The number of hydrogen-bond acceptors (Lipinski definition) is 4. The first-order chi connectivity index (χ1) is 18.1. The van der Waals surface area contributed by atoms with Gasteiger partial charge in [0.25, 0.3) is 11.5 Å². The van der Waals surface area contributed by atoms with E-state index in [-0.39, 0.29) is 33.7 Å². The zero-order chi connectivity index (χ0) is 27.3. The van der Waals surface area contributed by atoms with Gasteiger partial charge in [-0.2, -0.15) is 13.9 Å². The molecule has 0 bridgehead atoms. The van der Waals surface area contributed by atoms with Crippen LogP contribution < -0.4 is 10.9 Å². The third-order valence-electron chi connectivity index (χ3n) is 6.86. The molecule has 38 heavy (non-hydrogen) atoms. The number of carbonyl (C=O) groups excluding carboxylic acids is 1. The van der Waals surface area contributed by atoms with Crippen molar-refractivity contribution in [1.82, 2.24) is 24.6 Å². The van der Waals surface area contributed by atoms with Gasteiger partial charge in [-0.3, -0.25) is 19.1 Å². The van der Waals surface area contributed by atoms with Gasteiger partial charge >= 0.3 is 6.55 Å². The minimum absolute atomic E-state index is 0.0370. The van der Waals surface area contributed by atoms with Gasteiger partial charge < -0.3 is 5.32 Å². The Labute approximate surface area is 220 Å². The van der Waals surface area contributed by atoms with Crippen molar-refractivity contribution in [3.63, 3.8) is 0 Å². The van der Waals surface area contributed by atoms with Crippen LogP contribution in [0.4, 0.5) is 13.2 Å². The fourth-order valence-electron chi connectivity index (χ4n) is 4.80. The standard InChI is InChI=1S/C27H23ClF3N5O2/c1-13-10-33-21(16-5-4-6-17(24(16)29)25(37)32-3)9-22(13)36-14(2)7-20(23(28)26(36)38)19-8-18(19)15-11-34-35(12-15)27(30)31/h4-7,9-12,18-19,27H,8H2,1-3H3,(H,32,37)/t18-,19+/m1/s1. The maximum atomic E-state index is 15.2. The van der Waals surface area contributed by atoms with Gasteiger partial charge in [0.1, 0.15) is 10.8 Å². The van der Waals surface area contributed by atoms with E-state index in [2.05, 4.69) is 15.4 Å². The number of alkyl halides is 2. The maximum absolute atomic E-state index is 15.2. The number of nitrogens with one attached hydrogen (secondary N) is 1. The lowest BCUT2D eigenvalue weighted by molar-refractivity contribution is 0.0565. The Kier molecular flexibility index (Phi) is 6.60. The number of aryl methyl sites for hydroxylation is 2. The highest BCUT2D eigenvalue weighted by atomic mass is 35.5. The fraction of sp³-hybridized carbons (Fsp3) is 0.259. The van der Waals surface area contributed by atoms with Gasteiger partial charge in [0.05, 0.1) is 23.1 Å². The number of carbonyl (C=O) groups is 1. The van der Waals surface area contributed by atoms with Crippen molar-refractivity contribution in [2.75, 3.05) is 7.05 Å². The molecule has 3 aromatic heterocycles. The summed E-state index contributed by atoms with van der Waals surface area (Å²) in [5, 5.41) is 6.15. The molecular weight excluding hydrogens is 519 g/mol. The van der Waals surface area contributed by atoms with E-state index in [0.29, 0.717) is 39.2 Å². The number of halogens is 4. The lowest BCUT2D eigenvalue weighted by Gasteiger charge is -2.17. The van der Waals surface area contributed by atoms with E-state index < -0.39 is 23.8 Å². The Balaban J connectivity index is 1.53. The number of pyridine rings is 2. The third kappa shape index (κ3) is 4.38. The van der Waals surface area contributed by atoms with E-state index in [9.17, 15) is 18.4 Å². The van der Waals surface area contributed by atoms with Crippen molar-refractivity contribution in [3.8, 4) is 16.9 Å². The highest BCUT2D eigenvalue weighted by Gasteiger charge is 2.42. The van der Waals surface area contributed by atoms with Crippen LogP contribution in [0.2, 0.25) is 5.02 Å². The van der Waals surface area contributed by atoms with E-state index in [1.54, 1.807) is 26.0 Å². The monoisotopic (exact) mass is 541 g/mol. The van der Waals surface area contributed by atoms with E-state index in [0.717, 1.165) is 0 Å². The number of benzene rings is 1. The molecule has 0 radical (unpaired) electrons. The van der Waals surface area contributed by atoms with Crippen molar-refractivity contribution in [1.29, 1.82) is 0 Å². The SMILES string of the molecule is CNC(=O)c1cccc(-c2cc(-n3c(C)cc([C@H]4C[C@@H]4c4cnn(C(F)F)c4)c(Cl)c3=O)c(C)cn2)c1F. The van der Waals surface area contributed by atoms with Crippen LogP contribution in [0.5, 0.6) is 0 Å². The van der Waals surface area contributed by atoms with Crippen LogP contribution in [0.1, 0.15) is 57.5 Å². The van der Waals surface area contributed by atoms with Crippen molar-refractivity contribution in [2.45, 2.75) is 38.7 Å². The predicted molar refractivity (Wildman–Crippen MR) is 137 cm³/mol. The first-order valence-corrected chi connectivity index (χ1v) is 12.2. The summed E-state index contributed by atoms with van der Waals surface area (Å²) in [5.41, 5.74) is 2.85. The molecule has 4 aromatic rings. The quantitative estimate of drug-likeness (QED) is 0.348. The lowest BCUT2D eigenvalue weighted by atomic mass is 10.0. The smallest absolute Gasteiger partial charge is 0.333 e. The molecule has 0 saturated heterocycles. The molecule has 1 aromatic carbocycles. The minimum atomic E-state index is -2.72. The molecule has 2 atom stereocenters. The second-order valence-corrected chi connectivity index (χ2v) is 9.66. The average Bonchev–Trinajstić information content (AvgIpc) is 3.52. The van der Waals surface area contributed by atoms with Crippen molar-refractivity contribution in [2.24, 2.45) is 0 Å². The minimum Gasteiger partial charge on any atom is -0.355 e. The van der Waals surface area contributed by atoms with E-state index in [1.807, 2.05) is 6.07 Å². The molecule has 196 valence electrons. The van der Waals surface area contributed by atoms with Gasteiger partial charge in [-0.1, -0.05) is 17.7 Å². The molecule has 11 heteroatoms. The summed E-state index contributed by atoms with van der Waals surface area (Å²) in [5.74, 6) is -1.43. The van der Waals surface area contributed by atoms with E-state index >= 15 is 4.39 Å². The molecule has 1 aliphatic carbocycles. The van der Waals surface area contributed by atoms with Crippen LogP contribution >= 0.6 is 11.6 Å². The molecule has 7 nitrogen and oxygen atoms in total. The summed E-state index contributed by atoms with van der Waals surface area (Å²) in [6, 6.07) is 7.86. The summed E-state index contributed by atoms with van der Waals surface area (Å²) in [6.07, 6.45) is 4.93. The molecule has 1 aliphatic rings. The van der Waals surface area contributed by atoms with Crippen molar-refractivity contribution in [3.05, 3.63) is 98.1 Å². The molecule has 1 saturated carbocycles. The maximum Gasteiger partial charge on any atom is 0.333 e. The first-order valence-electron chi connectivity index (χ1n) is 11.8. The lowest BCUT2D eigenvalue weighted by Crippen LogP contribution is -2.23.